The van der Waals surface area contributed by atoms with Gasteiger partial charge in [0.05, 0.1) is 22.3 Å². The second-order valence-electron chi connectivity index (χ2n) is 7.34. The maximum Gasteiger partial charge on any atom is 0.259 e. The van der Waals surface area contributed by atoms with Crippen molar-refractivity contribution < 1.29 is 9.32 Å². The largest absolute Gasteiger partial charge is 0.349 e. The van der Waals surface area contributed by atoms with Gasteiger partial charge in [0.25, 0.3) is 11.6 Å². The lowest BCUT2D eigenvalue weighted by molar-refractivity contribution is 0.0930. The average molecular weight is 385 g/mol. The van der Waals surface area contributed by atoms with Crippen molar-refractivity contribution in [1.29, 1.82) is 0 Å². The minimum atomic E-state index is -0.107. The number of aromatic nitrogens is 2. The third kappa shape index (κ3) is 3.26. The van der Waals surface area contributed by atoms with E-state index in [1.807, 2.05) is 13.0 Å². The van der Waals surface area contributed by atoms with Gasteiger partial charge in [-0.3, -0.25) is 4.79 Å². The molecule has 6 nitrogen and oxygen atoms in total. The second kappa shape index (κ2) is 7.05. The number of carbonyl (C=O) groups is 1. The lowest BCUT2D eigenvalue weighted by Crippen LogP contribution is -2.40. The van der Waals surface area contributed by atoms with Crippen LogP contribution in [-0.2, 0) is 0 Å². The number of hydrogen-bond donors (Lipinski definition) is 2. The molecule has 27 heavy (non-hydrogen) atoms. The third-order valence-electron chi connectivity index (χ3n) is 5.46. The Kier molecular flexibility index (Phi) is 4.74. The fourth-order valence-electron chi connectivity index (χ4n) is 4.05. The number of nitrogens with two attached hydrogens (primary N) is 1. The van der Waals surface area contributed by atoms with Crippen LogP contribution in [0.3, 0.4) is 0 Å². The number of pyridine rings is 1. The van der Waals surface area contributed by atoms with Crippen LogP contribution >= 0.6 is 11.3 Å². The SMILES string of the molecule is Cc1cc(-c2cc(C(=O)NC3CCCC3CN)c3c(C)noc3n2)c(C)s1. The van der Waals surface area contributed by atoms with Gasteiger partial charge < -0.3 is 15.6 Å². The van der Waals surface area contributed by atoms with Crippen LogP contribution in [0.5, 0.6) is 0 Å². The summed E-state index contributed by atoms with van der Waals surface area (Å²) >= 11 is 1.72. The van der Waals surface area contributed by atoms with Crippen molar-refractivity contribution in [1.82, 2.24) is 15.5 Å². The molecule has 7 heteroatoms. The van der Waals surface area contributed by atoms with Crippen LogP contribution in [0.1, 0.15) is 45.1 Å². The van der Waals surface area contributed by atoms with Crippen molar-refractivity contribution >= 4 is 28.3 Å². The molecule has 1 amide bonds. The Bertz CT molecular complexity index is 1010. The summed E-state index contributed by atoms with van der Waals surface area (Å²) in [5.41, 5.74) is 9.29. The van der Waals surface area contributed by atoms with Gasteiger partial charge >= 0.3 is 0 Å². The summed E-state index contributed by atoms with van der Waals surface area (Å²) in [7, 11) is 0. The van der Waals surface area contributed by atoms with E-state index in [1.54, 1.807) is 11.3 Å². The monoisotopic (exact) mass is 384 g/mol. The van der Waals surface area contributed by atoms with Crippen LogP contribution < -0.4 is 11.1 Å². The van der Waals surface area contributed by atoms with Crippen molar-refractivity contribution in [2.75, 3.05) is 6.54 Å². The Balaban J connectivity index is 1.77. The predicted molar refractivity (Wildman–Crippen MR) is 107 cm³/mol. The number of aryl methyl sites for hydroxylation is 3. The number of carbonyl (C=O) groups excluding carboxylic acids is 1. The third-order valence-corrected chi connectivity index (χ3v) is 6.42. The van der Waals surface area contributed by atoms with E-state index in [4.69, 9.17) is 10.3 Å². The topological polar surface area (TPSA) is 94.0 Å². The van der Waals surface area contributed by atoms with E-state index in [1.165, 1.54) is 9.75 Å². The first-order valence-electron chi connectivity index (χ1n) is 9.33. The Morgan fingerprint density at radius 1 is 1.33 bits per heavy atom. The molecule has 2 atom stereocenters. The molecule has 2 unspecified atom stereocenters. The molecule has 3 N–H and O–H groups in total. The summed E-state index contributed by atoms with van der Waals surface area (Å²) in [6.07, 6.45) is 3.14. The molecule has 1 fully saturated rings. The van der Waals surface area contributed by atoms with Crippen molar-refractivity contribution in [2.45, 2.75) is 46.1 Å². The number of nitrogens with one attached hydrogen (secondary N) is 1. The van der Waals surface area contributed by atoms with Crippen molar-refractivity contribution in [3.05, 3.63) is 33.1 Å². The molecule has 1 aliphatic rings. The van der Waals surface area contributed by atoms with Gasteiger partial charge in [0.15, 0.2) is 0 Å². The highest BCUT2D eigenvalue weighted by Gasteiger charge is 2.29. The summed E-state index contributed by atoms with van der Waals surface area (Å²) < 4.78 is 5.40. The number of fused-ring (bicyclic) bond motifs is 1. The minimum Gasteiger partial charge on any atom is -0.349 e. The quantitative estimate of drug-likeness (QED) is 0.715. The Labute approximate surface area is 162 Å². The summed E-state index contributed by atoms with van der Waals surface area (Å²) in [5, 5.41) is 7.90. The predicted octanol–water partition coefficient (Wildman–Crippen LogP) is 3.73. The van der Waals surface area contributed by atoms with Gasteiger partial charge in [-0.2, -0.15) is 0 Å². The zero-order valence-corrected chi connectivity index (χ0v) is 16.7. The number of rotatable bonds is 4. The van der Waals surface area contributed by atoms with Crippen LogP contribution in [0.25, 0.3) is 22.4 Å². The molecule has 0 radical (unpaired) electrons. The molecule has 3 aromatic rings. The Hall–Kier alpha value is -2.25. The van der Waals surface area contributed by atoms with Gasteiger partial charge in [-0.15, -0.1) is 11.3 Å². The fourth-order valence-corrected chi connectivity index (χ4v) is 4.99. The van der Waals surface area contributed by atoms with Crippen molar-refractivity contribution in [3.63, 3.8) is 0 Å². The van der Waals surface area contributed by atoms with Gasteiger partial charge in [0.1, 0.15) is 0 Å². The molecule has 0 bridgehead atoms. The molecule has 0 aromatic carbocycles. The number of thiophene rings is 1. The number of hydrogen-bond acceptors (Lipinski definition) is 6. The van der Waals surface area contributed by atoms with Gasteiger partial charge in [-0.1, -0.05) is 11.6 Å². The molecular weight excluding hydrogens is 360 g/mol. The van der Waals surface area contributed by atoms with Crippen LogP contribution in [0, 0.1) is 26.7 Å². The van der Waals surface area contributed by atoms with Gasteiger partial charge in [0.2, 0.25) is 0 Å². The maximum absolute atomic E-state index is 13.2. The maximum atomic E-state index is 13.2. The van der Waals surface area contributed by atoms with E-state index in [9.17, 15) is 4.79 Å². The zero-order valence-electron chi connectivity index (χ0n) is 15.8. The minimum absolute atomic E-state index is 0.107. The molecule has 4 rings (SSSR count). The summed E-state index contributed by atoms with van der Waals surface area (Å²) in [6.45, 7) is 6.57. The molecule has 1 saturated carbocycles. The smallest absolute Gasteiger partial charge is 0.259 e. The Morgan fingerprint density at radius 3 is 2.85 bits per heavy atom. The Morgan fingerprint density at radius 2 is 2.15 bits per heavy atom. The van der Waals surface area contributed by atoms with Gasteiger partial charge in [-0.25, -0.2) is 4.98 Å². The van der Waals surface area contributed by atoms with E-state index >= 15 is 0 Å². The van der Waals surface area contributed by atoms with Crippen LogP contribution in [0.2, 0.25) is 0 Å². The normalized spacial score (nSPS) is 19.7. The second-order valence-corrected chi connectivity index (χ2v) is 8.80. The summed E-state index contributed by atoms with van der Waals surface area (Å²) in [4.78, 5) is 20.2. The van der Waals surface area contributed by atoms with Crippen molar-refractivity contribution in [2.24, 2.45) is 11.7 Å². The van der Waals surface area contributed by atoms with E-state index in [2.05, 4.69) is 35.4 Å². The van der Waals surface area contributed by atoms with E-state index in [-0.39, 0.29) is 11.9 Å². The van der Waals surface area contributed by atoms with E-state index in [0.717, 1.165) is 30.5 Å². The number of nitrogens with zero attached hydrogens (tertiary/aromatic N) is 2. The first-order valence-corrected chi connectivity index (χ1v) is 10.1. The highest BCUT2D eigenvalue weighted by atomic mass is 32.1. The molecule has 0 spiro atoms. The van der Waals surface area contributed by atoms with Crippen LogP contribution in [-0.4, -0.2) is 28.6 Å². The van der Waals surface area contributed by atoms with Gasteiger partial charge in [0, 0.05) is 21.4 Å². The summed E-state index contributed by atoms with van der Waals surface area (Å²) in [6, 6.07) is 4.09. The van der Waals surface area contributed by atoms with Crippen LogP contribution in [0.4, 0.5) is 0 Å². The number of amides is 1. The van der Waals surface area contributed by atoms with Crippen molar-refractivity contribution in [3.8, 4) is 11.3 Å². The molecular formula is C20H24N4O2S. The molecule has 0 saturated heterocycles. The molecule has 3 aromatic heterocycles. The summed E-state index contributed by atoms with van der Waals surface area (Å²) in [5.74, 6) is 0.237. The first-order chi connectivity index (χ1) is 13.0. The first kappa shape index (κ1) is 18.1. The fraction of sp³-hybridized carbons (Fsp3) is 0.450. The molecule has 1 aliphatic carbocycles. The van der Waals surface area contributed by atoms with E-state index < -0.39 is 0 Å². The highest BCUT2D eigenvalue weighted by Crippen LogP contribution is 2.33. The molecule has 142 valence electrons. The lowest BCUT2D eigenvalue weighted by atomic mass is 10.0. The lowest BCUT2D eigenvalue weighted by Gasteiger charge is -2.19. The molecule has 3 heterocycles. The van der Waals surface area contributed by atoms with Gasteiger partial charge in [-0.05, 0) is 58.2 Å². The standard InChI is InChI=1S/C20H24N4O2S/c1-10-7-14(12(3)27-10)17-8-15(18-11(2)24-26-20(18)23-17)19(25)22-16-6-4-5-13(16)9-21/h7-8,13,16H,4-6,9,21H2,1-3H3,(H,22,25). The average Bonchev–Trinajstić information content (AvgIpc) is 3.33. The van der Waals surface area contributed by atoms with Crippen LogP contribution in [0.15, 0.2) is 16.7 Å². The molecule has 0 aliphatic heterocycles. The van der Waals surface area contributed by atoms with E-state index in [0.29, 0.717) is 34.8 Å². The highest BCUT2D eigenvalue weighted by molar-refractivity contribution is 7.12. The zero-order chi connectivity index (χ0) is 19.1.